The zero-order valence-electron chi connectivity index (χ0n) is 16.4. The highest BCUT2D eigenvalue weighted by Crippen LogP contribution is 2.11. The summed E-state index contributed by atoms with van der Waals surface area (Å²) in [5.74, 6) is 3.94. The molecule has 2 rings (SSSR count). The molecule has 27 heavy (non-hydrogen) atoms. The molecular formula is C21H31N3O2S. The normalized spacial score (nSPS) is 11.4. The Morgan fingerprint density at radius 2 is 1.85 bits per heavy atom. The lowest BCUT2D eigenvalue weighted by atomic mass is 10.1. The minimum atomic E-state index is 0.798. The second-order valence-corrected chi connectivity index (χ2v) is 7.20. The Morgan fingerprint density at radius 1 is 1.07 bits per heavy atom. The summed E-state index contributed by atoms with van der Waals surface area (Å²) in [5, 5.41) is 6.85. The summed E-state index contributed by atoms with van der Waals surface area (Å²) in [5.41, 5.74) is 1.28. The zero-order chi connectivity index (χ0) is 19.2. The maximum atomic E-state index is 5.39. The fourth-order valence-electron chi connectivity index (χ4n) is 2.60. The number of hydrogen-bond acceptors (Lipinski definition) is 4. The van der Waals surface area contributed by atoms with Gasteiger partial charge in [0.25, 0.3) is 0 Å². The van der Waals surface area contributed by atoms with Crippen LogP contribution in [0.15, 0.2) is 52.1 Å². The van der Waals surface area contributed by atoms with E-state index in [2.05, 4.69) is 29.0 Å². The van der Waals surface area contributed by atoms with Crippen molar-refractivity contribution < 1.29 is 9.15 Å². The summed E-state index contributed by atoms with van der Waals surface area (Å²) in [6.07, 6.45) is 7.96. The molecule has 148 valence electrons. The molecule has 0 saturated heterocycles. The smallest absolute Gasteiger partial charge is 0.191 e. The molecule has 2 N–H and O–H groups in total. The van der Waals surface area contributed by atoms with E-state index >= 15 is 0 Å². The second-order valence-electron chi connectivity index (χ2n) is 6.21. The third-order valence-corrected chi connectivity index (χ3v) is 4.83. The van der Waals surface area contributed by atoms with Gasteiger partial charge in [-0.25, -0.2) is 0 Å². The van der Waals surface area contributed by atoms with Gasteiger partial charge in [-0.15, -0.1) is 0 Å². The van der Waals surface area contributed by atoms with Gasteiger partial charge < -0.3 is 19.8 Å². The number of aliphatic imine (C=N–C) groups is 1. The number of thioether (sulfide) groups is 1. The zero-order valence-corrected chi connectivity index (χ0v) is 17.2. The molecule has 0 spiro atoms. The van der Waals surface area contributed by atoms with Crippen molar-refractivity contribution in [1.29, 1.82) is 0 Å². The van der Waals surface area contributed by atoms with Crippen LogP contribution in [0.3, 0.4) is 0 Å². The number of furan rings is 1. The van der Waals surface area contributed by atoms with Crippen LogP contribution in [-0.2, 0) is 12.8 Å². The molecule has 0 radical (unpaired) electrons. The minimum absolute atomic E-state index is 0.798. The fraction of sp³-hybridized carbons (Fsp3) is 0.476. The average molecular weight is 390 g/mol. The standard InChI is InChI=1S/C21H31N3O2S/c1-25-19-9-7-18(8-10-19)11-14-23-21(22-13-3-4-17-27-2)24-15-12-20-6-5-16-26-20/h5-10,16H,3-4,11-15,17H2,1-2H3,(H2,22,23,24). The van der Waals surface area contributed by atoms with Crippen LogP contribution in [-0.4, -0.2) is 44.7 Å². The van der Waals surface area contributed by atoms with E-state index in [1.54, 1.807) is 13.4 Å². The van der Waals surface area contributed by atoms with Crippen LogP contribution in [0.5, 0.6) is 5.75 Å². The first kappa shape index (κ1) is 21.2. The lowest BCUT2D eigenvalue weighted by Crippen LogP contribution is -2.39. The van der Waals surface area contributed by atoms with Crippen molar-refractivity contribution in [2.45, 2.75) is 25.7 Å². The van der Waals surface area contributed by atoms with Crippen molar-refractivity contribution in [3.8, 4) is 5.75 Å². The number of nitrogens with zero attached hydrogens (tertiary/aromatic N) is 1. The van der Waals surface area contributed by atoms with Crippen molar-refractivity contribution in [2.24, 2.45) is 4.99 Å². The Morgan fingerprint density at radius 3 is 2.52 bits per heavy atom. The van der Waals surface area contributed by atoms with Gasteiger partial charge in [0, 0.05) is 26.1 Å². The molecule has 1 heterocycles. The van der Waals surface area contributed by atoms with Gasteiger partial charge in [0.05, 0.1) is 13.4 Å². The molecular weight excluding hydrogens is 358 g/mol. The Balaban J connectivity index is 1.77. The van der Waals surface area contributed by atoms with E-state index in [-0.39, 0.29) is 0 Å². The number of hydrogen-bond donors (Lipinski definition) is 2. The molecule has 1 aromatic heterocycles. The Hall–Kier alpha value is -2.08. The lowest BCUT2D eigenvalue weighted by molar-refractivity contribution is 0.414. The van der Waals surface area contributed by atoms with Gasteiger partial charge in [0.2, 0.25) is 0 Å². The molecule has 0 bridgehead atoms. The van der Waals surface area contributed by atoms with E-state index in [1.807, 2.05) is 36.0 Å². The van der Waals surface area contributed by atoms with E-state index in [0.717, 1.165) is 56.4 Å². The summed E-state index contributed by atoms with van der Waals surface area (Å²) in [6, 6.07) is 12.1. The molecule has 0 unspecified atom stereocenters. The molecule has 0 atom stereocenters. The van der Waals surface area contributed by atoms with E-state index in [4.69, 9.17) is 14.1 Å². The molecule has 0 fully saturated rings. The molecule has 0 saturated carbocycles. The SMILES string of the molecule is COc1ccc(CCNC(=NCCCCSC)NCCc2ccco2)cc1. The maximum Gasteiger partial charge on any atom is 0.191 e. The molecule has 6 heteroatoms. The number of unbranched alkanes of at least 4 members (excludes halogenated alkanes) is 1. The highest BCUT2D eigenvalue weighted by molar-refractivity contribution is 7.98. The molecule has 1 aromatic carbocycles. The number of rotatable bonds is 12. The maximum absolute atomic E-state index is 5.39. The van der Waals surface area contributed by atoms with Gasteiger partial charge in [0.1, 0.15) is 11.5 Å². The third kappa shape index (κ3) is 8.91. The number of ether oxygens (including phenoxy) is 1. The van der Waals surface area contributed by atoms with E-state index in [0.29, 0.717) is 0 Å². The third-order valence-electron chi connectivity index (χ3n) is 4.14. The summed E-state index contributed by atoms with van der Waals surface area (Å²) >= 11 is 1.89. The Labute approximate surface area is 167 Å². The van der Waals surface area contributed by atoms with Gasteiger partial charge in [-0.05, 0) is 61.1 Å². The first-order valence-electron chi connectivity index (χ1n) is 9.48. The van der Waals surface area contributed by atoms with Crippen LogP contribution in [0.2, 0.25) is 0 Å². The van der Waals surface area contributed by atoms with E-state index in [9.17, 15) is 0 Å². The van der Waals surface area contributed by atoms with Crippen LogP contribution >= 0.6 is 11.8 Å². The lowest BCUT2D eigenvalue weighted by Gasteiger charge is -2.12. The van der Waals surface area contributed by atoms with Gasteiger partial charge in [-0.2, -0.15) is 11.8 Å². The summed E-state index contributed by atoms with van der Waals surface area (Å²) in [4.78, 5) is 4.71. The molecule has 0 aliphatic rings. The molecule has 0 aliphatic heterocycles. The number of nitrogens with one attached hydrogen (secondary N) is 2. The second kappa shape index (κ2) is 13.1. The van der Waals surface area contributed by atoms with E-state index in [1.165, 1.54) is 17.7 Å². The molecule has 0 aliphatic carbocycles. The van der Waals surface area contributed by atoms with Gasteiger partial charge in [0.15, 0.2) is 5.96 Å². The van der Waals surface area contributed by atoms with Crippen molar-refractivity contribution >= 4 is 17.7 Å². The first-order valence-corrected chi connectivity index (χ1v) is 10.9. The van der Waals surface area contributed by atoms with E-state index < -0.39 is 0 Å². The fourth-order valence-corrected chi connectivity index (χ4v) is 3.09. The average Bonchev–Trinajstić information content (AvgIpc) is 3.21. The Kier molecular flexibility index (Phi) is 10.3. The number of guanidine groups is 1. The highest BCUT2D eigenvalue weighted by atomic mass is 32.2. The Bertz CT molecular complexity index is 642. The summed E-state index contributed by atoms with van der Waals surface area (Å²) < 4.78 is 10.6. The van der Waals surface area contributed by atoms with Crippen molar-refractivity contribution in [1.82, 2.24) is 10.6 Å². The van der Waals surface area contributed by atoms with Gasteiger partial charge >= 0.3 is 0 Å². The predicted octanol–water partition coefficient (Wildman–Crippen LogP) is 3.75. The topological polar surface area (TPSA) is 58.8 Å². The quantitative estimate of drug-likeness (QED) is 0.329. The van der Waals surface area contributed by atoms with Crippen LogP contribution in [0.4, 0.5) is 0 Å². The van der Waals surface area contributed by atoms with Gasteiger partial charge in [-0.1, -0.05) is 12.1 Å². The predicted molar refractivity (Wildman–Crippen MR) is 115 cm³/mol. The van der Waals surface area contributed by atoms with Crippen molar-refractivity contribution in [2.75, 3.05) is 38.8 Å². The largest absolute Gasteiger partial charge is 0.497 e. The molecule has 5 nitrogen and oxygen atoms in total. The number of benzene rings is 1. The van der Waals surface area contributed by atoms with Gasteiger partial charge in [-0.3, -0.25) is 4.99 Å². The molecule has 0 amide bonds. The van der Waals surface area contributed by atoms with Crippen LogP contribution in [0, 0.1) is 0 Å². The van der Waals surface area contributed by atoms with Crippen molar-refractivity contribution in [3.05, 3.63) is 54.0 Å². The minimum Gasteiger partial charge on any atom is -0.497 e. The van der Waals surface area contributed by atoms with Crippen LogP contribution in [0.25, 0.3) is 0 Å². The monoisotopic (exact) mass is 389 g/mol. The van der Waals surface area contributed by atoms with Crippen LogP contribution < -0.4 is 15.4 Å². The molecule has 2 aromatic rings. The van der Waals surface area contributed by atoms with Crippen LogP contribution in [0.1, 0.15) is 24.2 Å². The summed E-state index contributed by atoms with van der Waals surface area (Å²) in [6.45, 7) is 2.48. The first-order chi connectivity index (χ1) is 13.3. The summed E-state index contributed by atoms with van der Waals surface area (Å²) in [7, 11) is 1.69. The number of methoxy groups -OCH3 is 1. The van der Waals surface area contributed by atoms with Crippen molar-refractivity contribution in [3.63, 3.8) is 0 Å². The highest BCUT2D eigenvalue weighted by Gasteiger charge is 2.01.